The van der Waals surface area contributed by atoms with E-state index in [1.54, 1.807) is 0 Å². The van der Waals surface area contributed by atoms with Gasteiger partial charge < -0.3 is 19.9 Å². The van der Waals surface area contributed by atoms with Crippen molar-refractivity contribution in [2.75, 3.05) is 19.8 Å². The molecule has 0 unspecified atom stereocenters. The van der Waals surface area contributed by atoms with Crippen molar-refractivity contribution in [3.05, 3.63) is 59.7 Å². The number of benzene rings is 2. The van der Waals surface area contributed by atoms with Crippen LogP contribution in [0.25, 0.3) is 11.1 Å². The van der Waals surface area contributed by atoms with Gasteiger partial charge in [-0.2, -0.15) is 0 Å². The molecule has 0 saturated carbocycles. The fourth-order valence-electron chi connectivity index (χ4n) is 3.48. The molecule has 0 heterocycles. The summed E-state index contributed by atoms with van der Waals surface area (Å²) in [6.07, 6.45) is 0.0730. The summed E-state index contributed by atoms with van der Waals surface area (Å²) in [5.74, 6) is -0.754. The Morgan fingerprint density at radius 2 is 1.62 bits per heavy atom. The number of carbonyl (C=O) groups is 2. The van der Waals surface area contributed by atoms with E-state index >= 15 is 0 Å². The number of alkyl carbamates (subject to hydrolysis) is 1. The molecule has 1 aliphatic rings. The molecule has 0 fully saturated rings. The second-order valence-electron chi connectivity index (χ2n) is 7.62. The summed E-state index contributed by atoms with van der Waals surface area (Å²) in [5.41, 5.74) is 4.49. The highest BCUT2D eigenvalue weighted by atomic mass is 16.5. The number of carbonyl (C=O) groups excluding carboxylic acids is 1. The Bertz CT molecular complexity index is 818. The highest BCUT2D eigenvalue weighted by Gasteiger charge is 2.29. The molecule has 0 radical (unpaired) electrons. The molecule has 1 aliphatic carbocycles. The first-order valence-corrected chi connectivity index (χ1v) is 9.89. The SMILES string of the molecule is CC(C)CCOC[C@H](NC(=O)OCC1c2ccccc2-c2ccccc21)C(=O)O. The van der Waals surface area contributed by atoms with E-state index in [1.165, 1.54) is 0 Å². The van der Waals surface area contributed by atoms with Crippen molar-refractivity contribution in [3.8, 4) is 11.1 Å². The summed E-state index contributed by atoms with van der Waals surface area (Å²) >= 11 is 0. The summed E-state index contributed by atoms with van der Waals surface area (Å²) in [6.45, 7) is 4.63. The summed E-state index contributed by atoms with van der Waals surface area (Å²) in [4.78, 5) is 23.6. The number of nitrogens with one attached hydrogen (secondary N) is 1. The molecule has 3 rings (SSSR count). The van der Waals surface area contributed by atoms with Gasteiger partial charge in [0.2, 0.25) is 0 Å². The van der Waals surface area contributed by atoms with Gasteiger partial charge in [0.05, 0.1) is 6.61 Å². The van der Waals surface area contributed by atoms with Gasteiger partial charge in [0, 0.05) is 12.5 Å². The molecule has 2 aromatic rings. The molecule has 1 amide bonds. The van der Waals surface area contributed by atoms with Crippen molar-refractivity contribution in [3.63, 3.8) is 0 Å². The lowest BCUT2D eigenvalue weighted by atomic mass is 9.98. The highest BCUT2D eigenvalue weighted by Crippen LogP contribution is 2.44. The zero-order valence-electron chi connectivity index (χ0n) is 16.8. The minimum Gasteiger partial charge on any atom is -0.480 e. The number of aliphatic carboxylic acids is 1. The van der Waals surface area contributed by atoms with Crippen LogP contribution < -0.4 is 5.32 Å². The van der Waals surface area contributed by atoms with Gasteiger partial charge >= 0.3 is 12.1 Å². The predicted octanol–water partition coefficient (Wildman–Crippen LogP) is 4.04. The average molecular weight is 397 g/mol. The molecule has 154 valence electrons. The Morgan fingerprint density at radius 3 is 2.17 bits per heavy atom. The van der Waals surface area contributed by atoms with E-state index in [4.69, 9.17) is 9.47 Å². The van der Waals surface area contributed by atoms with Crippen LogP contribution in [0.3, 0.4) is 0 Å². The minimum atomic E-state index is -1.15. The number of hydrogen-bond acceptors (Lipinski definition) is 4. The molecule has 1 atom stereocenters. The molecule has 0 spiro atoms. The monoisotopic (exact) mass is 397 g/mol. The lowest BCUT2D eigenvalue weighted by molar-refractivity contribution is -0.141. The van der Waals surface area contributed by atoms with E-state index < -0.39 is 18.1 Å². The first-order chi connectivity index (χ1) is 14.0. The first kappa shape index (κ1) is 20.9. The normalized spacial score (nSPS) is 13.6. The smallest absolute Gasteiger partial charge is 0.407 e. The van der Waals surface area contributed by atoms with E-state index in [1.807, 2.05) is 36.4 Å². The third kappa shape index (κ3) is 5.15. The van der Waals surface area contributed by atoms with Gasteiger partial charge in [-0.05, 0) is 34.6 Å². The van der Waals surface area contributed by atoms with Crippen LogP contribution >= 0.6 is 0 Å². The summed E-state index contributed by atoms with van der Waals surface area (Å²) in [5, 5.41) is 11.7. The summed E-state index contributed by atoms with van der Waals surface area (Å²) in [7, 11) is 0. The Kier molecular flexibility index (Phi) is 6.88. The average Bonchev–Trinajstić information content (AvgIpc) is 3.02. The van der Waals surface area contributed by atoms with Gasteiger partial charge in [0.25, 0.3) is 0 Å². The zero-order chi connectivity index (χ0) is 20.8. The van der Waals surface area contributed by atoms with Gasteiger partial charge in [-0.25, -0.2) is 9.59 Å². The first-order valence-electron chi connectivity index (χ1n) is 9.89. The van der Waals surface area contributed by atoms with E-state index in [0.717, 1.165) is 28.7 Å². The van der Waals surface area contributed by atoms with Gasteiger partial charge in [-0.1, -0.05) is 62.4 Å². The van der Waals surface area contributed by atoms with Crippen LogP contribution in [-0.2, 0) is 14.3 Å². The molecule has 0 saturated heterocycles. The van der Waals surface area contributed by atoms with Crippen LogP contribution in [0.4, 0.5) is 4.79 Å². The van der Waals surface area contributed by atoms with Crippen LogP contribution in [0.1, 0.15) is 37.3 Å². The van der Waals surface area contributed by atoms with Crippen molar-refractivity contribution in [2.24, 2.45) is 5.92 Å². The number of ether oxygens (including phenoxy) is 2. The van der Waals surface area contributed by atoms with Crippen LogP contribution in [0, 0.1) is 5.92 Å². The highest BCUT2D eigenvalue weighted by molar-refractivity contribution is 5.81. The summed E-state index contributed by atoms with van der Waals surface area (Å²) < 4.78 is 10.8. The minimum absolute atomic E-state index is 0.0706. The Labute approximate surface area is 170 Å². The quantitative estimate of drug-likeness (QED) is 0.624. The fourth-order valence-corrected chi connectivity index (χ4v) is 3.48. The maximum Gasteiger partial charge on any atom is 0.407 e. The maximum absolute atomic E-state index is 12.2. The van der Waals surface area contributed by atoms with Crippen molar-refractivity contribution < 1.29 is 24.2 Å². The molecule has 0 bridgehead atoms. The number of carboxylic acids is 1. The van der Waals surface area contributed by atoms with E-state index in [0.29, 0.717) is 12.5 Å². The molecule has 0 aliphatic heterocycles. The number of fused-ring (bicyclic) bond motifs is 3. The second kappa shape index (κ2) is 9.56. The fraction of sp³-hybridized carbons (Fsp3) is 0.391. The maximum atomic E-state index is 12.2. The van der Waals surface area contributed by atoms with Gasteiger partial charge in [0.15, 0.2) is 6.04 Å². The molecular weight excluding hydrogens is 370 g/mol. The lowest BCUT2D eigenvalue weighted by Gasteiger charge is -2.17. The molecule has 6 heteroatoms. The molecule has 6 nitrogen and oxygen atoms in total. The molecular formula is C23H27NO5. The van der Waals surface area contributed by atoms with Crippen LogP contribution in [0.2, 0.25) is 0 Å². The van der Waals surface area contributed by atoms with Crippen molar-refractivity contribution in [2.45, 2.75) is 32.2 Å². The second-order valence-corrected chi connectivity index (χ2v) is 7.62. The van der Waals surface area contributed by atoms with Crippen LogP contribution in [-0.4, -0.2) is 43.0 Å². The third-order valence-electron chi connectivity index (χ3n) is 5.06. The topological polar surface area (TPSA) is 84.9 Å². The Balaban J connectivity index is 1.58. The number of hydrogen-bond donors (Lipinski definition) is 2. The number of carboxylic acid groups (broad SMARTS) is 1. The molecule has 29 heavy (non-hydrogen) atoms. The number of amides is 1. The largest absolute Gasteiger partial charge is 0.480 e. The lowest BCUT2D eigenvalue weighted by Crippen LogP contribution is -2.44. The van der Waals surface area contributed by atoms with E-state index in [-0.39, 0.29) is 19.1 Å². The van der Waals surface area contributed by atoms with Crippen molar-refractivity contribution in [1.29, 1.82) is 0 Å². The Morgan fingerprint density at radius 1 is 1.03 bits per heavy atom. The number of rotatable bonds is 9. The van der Waals surface area contributed by atoms with Gasteiger partial charge in [-0.15, -0.1) is 0 Å². The molecule has 2 N–H and O–H groups in total. The van der Waals surface area contributed by atoms with Crippen LogP contribution in [0.5, 0.6) is 0 Å². The predicted molar refractivity (Wildman–Crippen MR) is 110 cm³/mol. The standard InChI is InChI=1S/C23H27NO5/c1-15(2)11-12-28-14-21(22(25)26)24-23(27)29-13-20-18-9-5-3-7-16(18)17-8-4-6-10-19(17)20/h3-10,15,20-21H,11-14H2,1-2H3,(H,24,27)(H,25,26)/t21-/m0/s1. The zero-order valence-corrected chi connectivity index (χ0v) is 16.8. The van der Waals surface area contributed by atoms with Gasteiger partial charge in [-0.3, -0.25) is 0 Å². The molecule has 2 aromatic carbocycles. The van der Waals surface area contributed by atoms with Crippen molar-refractivity contribution in [1.82, 2.24) is 5.32 Å². The summed E-state index contributed by atoms with van der Waals surface area (Å²) in [6, 6.07) is 14.9. The van der Waals surface area contributed by atoms with Crippen molar-refractivity contribution >= 4 is 12.1 Å². The van der Waals surface area contributed by atoms with Gasteiger partial charge in [0.1, 0.15) is 6.61 Å². The molecule has 0 aromatic heterocycles. The third-order valence-corrected chi connectivity index (χ3v) is 5.06. The Hall–Kier alpha value is -2.86. The van der Waals surface area contributed by atoms with Crippen LogP contribution in [0.15, 0.2) is 48.5 Å². The van der Waals surface area contributed by atoms with E-state index in [9.17, 15) is 14.7 Å². The van der Waals surface area contributed by atoms with E-state index in [2.05, 4.69) is 31.3 Å².